The van der Waals surface area contributed by atoms with Gasteiger partial charge in [-0.1, -0.05) is 51.0 Å². The Labute approximate surface area is 202 Å². The van der Waals surface area contributed by atoms with Gasteiger partial charge in [0, 0.05) is 12.1 Å². The number of Topliss-reactive ketones (excluding diaryl/α,β-unsaturated/α-hetero) is 1. The zero-order valence-corrected chi connectivity index (χ0v) is 20.5. The number of carbonyl (C=O) groups is 2. The molecule has 1 N–H and O–H groups in total. The summed E-state index contributed by atoms with van der Waals surface area (Å²) in [5.74, 6) is -0.197. The molecule has 0 bridgehead atoms. The third kappa shape index (κ3) is 5.79. The molecule has 0 aromatic heterocycles. The summed E-state index contributed by atoms with van der Waals surface area (Å²) in [6, 6.07) is 13.7. The number of unbranched alkanes of at least 4 members (excludes halogenated alkanes) is 2. The summed E-state index contributed by atoms with van der Waals surface area (Å²) in [7, 11) is 0. The lowest BCUT2D eigenvalue weighted by Gasteiger charge is -2.26. The topological polar surface area (TPSA) is 76.1 Å². The number of benzene rings is 2. The van der Waals surface area contributed by atoms with Gasteiger partial charge in [0.05, 0.1) is 24.3 Å². The monoisotopic (exact) mass is 465 g/mol. The van der Waals surface area contributed by atoms with Crippen molar-refractivity contribution in [3.8, 4) is 11.5 Å². The molecule has 1 fully saturated rings. The van der Waals surface area contributed by atoms with Crippen molar-refractivity contribution in [3.63, 3.8) is 0 Å². The standard InChI is InChI=1S/C28H35NO5/c1-5-7-8-15-29-25(20-11-9-14-23(17-20)34-19(3)4)24(27(31)28(29)32)26(30)21-12-10-13-22(18-21)33-16-6-2/h9-14,17-19,25,30H,5-8,15-16H2,1-4H3/b26-24-. The zero-order valence-electron chi connectivity index (χ0n) is 20.5. The Morgan fingerprint density at radius 2 is 1.74 bits per heavy atom. The number of hydrogen-bond acceptors (Lipinski definition) is 5. The molecule has 1 aliphatic heterocycles. The lowest BCUT2D eigenvalue weighted by Crippen LogP contribution is -2.30. The van der Waals surface area contributed by atoms with Crippen molar-refractivity contribution in [2.75, 3.05) is 13.2 Å². The molecule has 3 rings (SSSR count). The van der Waals surface area contributed by atoms with Crippen molar-refractivity contribution >= 4 is 17.4 Å². The number of carbonyl (C=O) groups excluding carboxylic acids is 2. The molecule has 0 radical (unpaired) electrons. The Bertz CT molecular complexity index is 1040. The third-order valence-electron chi connectivity index (χ3n) is 5.67. The second-order valence-electron chi connectivity index (χ2n) is 8.81. The molecule has 2 aromatic carbocycles. The lowest BCUT2D eigenvalue weighted by molar-refractivity contribution is -0.139. The maximum absolute atomic E-state index is 13.2. The van der Waals surface area contributed by atoms with Gasteiger partial charge in [-0.15, -0.1) is 0 Å². The third-order valence-corrected chi connectivity index (χ3v) is 5.67. The molecule has 6 heteroatoms. The van der Waals surface area contributed by atoms with E-state index in [4.69, 9.17) is 9.47 Å². The molecule has 1 amide bonds. The highest BCUT2D eigenvalue weighted by molar-refractivity contribution is 6.46. The van der Waals surface area contributed by atoms with Crippen molar-refractivity contribution in [1.29, 1.82) is 0 Å². The van der Waals surface area contributed by atoms with Gasteiger partial charge in [-0.2, -0.15) is 0 Å². The summed E-state index contributed by atoms with van der Waals surface area (Å²) >= 11 is 0. The van der Waals surface area contributed by atoms with E-state index in [-0.39, 0.29) is 17.4 Å². The predicted octanol–water partition coefficient (Wildman–Crippen LogP) is 5.87. The summed E-state index contributed by atoms with van der Waals surface area (Å²) in [5, 5.41) is 11.3. The molecular weight excluding hydrogens is 430 g/mol. The van der Waals surface area contributed by atoms with Gasteiger partial charge >= 0.3 is 0 Å². The molecule has 0 spiro atoms. The number of ether oxygens (including phenoxy) is 2. The van der Waals surface area contributed by atoms with E-state index in [9.17, 15) is 14.7 Å². The first-order valence-electron chi connectivity index (χ1n) is 12.2. The smallest absolute Gasteiger partial charge is 0.295 e. The van der Waals surface area contributed by atoms with Crippen LogP contribution in [0.4, 0.5) is 0 Å². The van der Waals surface area contributed by atoms with Gasteiger partial charge in [-0.3, -0.25) is 9.59 Å². The van der Waals surface area contributed by atoms with Gasteiger partial charge in [-0.05, 0) is 56.5 Å². The number of nitrogens with zero attached hydrogens (tertiary/aromatic N) is 1. The van der Waals surface area contributed by atoms with Gasteiger partial charge < -0.3 is 19.5 Å². The maximum atomic E-state index is 13.2. The Morgan fingerprint density at radius 1 is 1.00 bits per heavy atom. The first-order chi connectivity index (χ1) is 16.4. The minimum absolute atomic E-state index is 0.0166. The molecule has 1 heterocycles. The Morgan fingerprint density at radius 3 is 2.44 bits per heavy atom. The molecule has 182 valence electrons. The van der Waals surface area contributed by atoms with Crippen LogP contribution < -0.4 is 9.47 Å². The number of hydrogen-bond donors (Lipinski definition) is 1. The average molecular weight is 466 g/mol. The van der Waals surface area contributed by atoms with Crippen molar-refractivity contribution in [1.82, 2.24) is 4.90 Å². The summed E-state index contributed by atoms with van der Waals surface area (Å²) in [6.45, 7) is 8.98. The highest BCUT2D eigenvalue weighted by Crippen LogP contribution is 2.40. The minimum atomic E-state index is -0.687. The Hall–Kier alpha value is -3.28. The van der Waals surface area contributed by atoms with Gasteiger partial charge in [0.25, 0.3) is 11.7 Å². The van der Waals surface area contributed by atoms with Crippen LogP contribution in [0.5, 0.6) is 11.5 Å². The average Bonchev–Trinajstić information content (AvgIpc) is 3.07. The highest BCUT2D eigenvalue weighted by Gasteiger charge is 2.45. The van der Waals surface area contributed by atoms with Crippen molar-refractivity contribution < 1.29 is 24.2 Å². The van der Waals surface area contributed by atoms with Crippen LogP contribution in [0.25, 0.3) is 5.76 Å². The number of likely N-dealkylation sites (tertiary alicyclic amines) is 1. The van der Waals surface area contributed by atoms with E-state index in [0.29, 0.717) is 30.2 Å². The van der Waals surface area contributed by atoms with Crippen LogP contribution in [0.3, 0.4) is 0 Å². The number of aliphatic hydroxyl groups is 1. The van der Waals surface area contributed by atoms with Crippen LogP contribution in [-0.2, 0) is 9.59 Å². The first kappa shape index (κ1) is 25.3. The maximum Gasteiger partial charge on any atom is 0.295 e. The normalized spacial score (nSPS) is 17.4. The van der Waals surface area contributed by atoms with Crippen LogP contribution in [0.15, 0.2) is 54.1 Å². The molecule has 1 saturated heterocycles. The molecule has 1 aliphatic rings. The number of rotatable bonds is 11. The Kier molecular flexibility index (Phi) is 8.74. The van der Waals surface area contributed by atoms with E-state index in [1.54, 1.807) is 29.2 Å². The fourth-order valence-electron chi connectivity index (χ4n) is 4.13. The van der Waals surface area contributed by atoms with Gasteiger partial charge in [0.2, 0.25) is 0 Å². The first-order valence-corrected chi connectivity index (χ1v) is 12.2. The van der Waals surface area contributed by atoms with E-state index >= 15 is 0 Å². The van der Waals surface area contributed by atoms with Gasteiger partial charge in [0.15, 0.2) is 0 Å². The minimum Gasteiger partial charge on any atom is -0.507 e. The molecular formula is C28H35NO5. The molecule has 6 nitrogen and oxygen atoms in total. The van der Waals surface area contributed by atoms with Crippen molar-refractivity contribution in [3.05, 3.63) is 65.2 Å². The lowest BCUT2D eigenvalue weighted by atomic mass is 9.95. The molecule has 1 atom stereocenters. The van der Waals surface area contributed by atoms with Crippen LogP contribution in [0.1, 0.15) is 70.5 Å². The quantitative estimate of drug-likeness (QED) is 0.194. The SMILES string of the molecule is CCCCCN1C(=O)C(=O)/C(=C(\O)c2cccc(OCCC)c2)C1c1cccc(OC(C)C)c1. The summed E-state index contributed by atoms with van der Waals surface area (Å²) in [5.41, 5.74) is 1.27. The van der Waals surface area contributed by atoms with Gasteiger partial charge in [-0.25, -0.2) is 0 Å². The van der Waals surface area contributed by atoms with E-state index < -0.39 is 17.7 Å². The predicted molar refractivity (Wildman–Crippen MR) is 133 cm³/mol. The summed E-state index contributed by atoms with van der Waals surface area (Å²) < 4.78 is 11.5. The molecule has 0 aliphatic carbocycles. The number of aliphatic hydroxyl groups excluding tert-OH is 1. The van der Waals surface area contributed by atoms with Crippen LogP contribution in [0.2, 0.25) is 0 Å². The molecule has 34 heavy (non-hydrogen) atoms. The van der Waals surface area contributed by atoms with Crippen molar-refractivity contribution in [2.45, 2.75) is 65.5 Å². The van der Waals surface area contributed by atoms with Crippen LogP contribution >= 0.6 is 0 Å². The highest BCUT2D eigenvalue weighted by atomic mass is 16.5. The fourth-order valence-corrected chi connectivity index (χ4v) is 4.13. The fraction of sp³-hybridized carbons (Fsp3) is 0.429. The molecule has 1 unspecified atom stereocenters. The summed E-state index contributed by atoms with van der Waals surface area (Å²) in [6.07, 6.45) is 3.56. The largest absolute Gasteiger partial charge is 0.507 e. The Balaban J connectivity index is 2.09. The zero-order chi connectivity index (χ0) is 24.7. The number of amides is 1. The van der Waals surface area contributed by atoms with Crippen LogP contribution in [-0.4, -0.2) is 41.0 Å². The molecule has 0 saturated carbocycles. The van der Waals surface area contributed by atoms with E-state index in [1.165, 1.54) is 0 Å². The second-order valence-corrected chi connectivity index (χ2v) is 8.81. The van der Waals surface area contributed by atoms with Crippen LogP contribution in [0, 0.1) is 0 Å². The van der Waals surface area contributed by atoms with E-state index in [2.05, 4.69) is 6.92 Å². The van der Waals surface area contributed by atoms with E-state index in [0.717, 1.165) is 31.2 Å². The second kappa shape index (κ2) is 11.7. The van der Waals surface area contributed by atoms with Gasteiger partial charge in [0.1, 0.15) is 17.3 Å². The van der Waals surface area contributed by atoms with E-state index in [1.807, 2.05) is 45.0 Å². The number of ketones is 1. The van der Waals surface area contributed by atoms with Crippen molar-refractivity contribution in [2.24, 2.45) is 0 Å². The summed E-state index contributed by atoms with van der Waals surface area (Å²) in [4.78, 5) is 27.8. The molecule has 2 aromatic rings.